The highest BCUT2D eigenvalue weighted by Crippen LogP contribution is 2.20. The van der Waals surface area contributed by atoms with Crippen LogP contribution >= 0.6 is 0 Å². The lowest BCUT2D eigenvalue weighted by molar-refractivity contribution is 0.400. The number of sulfonamides is 1. The number of nitrogens with zero attached hydrogens (tertiary/aromatic N) is 1. The Morgan fingerprint density at radius 2 is 2.06 bits per heavy atom. The fraction of sp³-hybridized carbons (Fsp3) is 0.455. The summed E-state index contributed by atoms with van der Waals surface area (Å²) in [6, 6.07) is 3.73. The van der Waals surface area contributed by atoms with E-state index < -0.39 is 15.8 Å². The van der Waals surface area contributed by atoms with Crippen molar-refractivity contribution in [3.8, 4) is 0 Å². The Morgan fingerprint density at radius 3 is 2.67 bits per heavy atom. The van der Waals surface area contributed by atoms with Gasteiger partial charge in [-0.2, -0.15) is 0 Å². The Kier molecular flexibility index (Phi) is 5.06. The van der Waals surface area contributed by atoms with Gasteiger partial charge in [0.15, 0.2) is 0 Å². The van der Waals surface area contributed by atoms with Crippen LogP contribution < -0.4 is 10.5 Å². The van der Waals surface area contributed by atoms with Gasteiger partial charge in [-0.25, -0.2) is 17.5 Å². The average molecular weight is 275 g/mol. The summed E-state index contributed by atoms with van der Waals surface area (Å²) in [7, 11) is 0.0588. The standard InChI is InChI=1S/C11H18FN3O2S/c1-15(2)8-4-7-14-18(16,17)10-6-3-5-9(12)11(10)13/h3,5-6,14H,4,7-8,13H2,1-2H3. The summed E-state index contributed by atoms with van der Waals surface area (Å²) in [5, 5.41) is 0. The van der Waals surface area contributed by atoms with Crippen molar-refractivity contribution in [1.29, 1.82) is 0 Å². The fourth-order valence-corrected chi connectivity index (χ4v) is 2.64. The molecule has 1 rings (SSSR count). The maximum Gasteiger partial charge on any atom is 0.242 e. The van der Waals surface area contributed by atoms with E-state index in [0.717, 1.165) is 12.6 Å². The van der Waals surface area contributed by atoms with E-state index in [1.165, 1.54) is 12.1 Å². The Bertz CT molecular complexity index is 503. The second kappa shape index (κ2) is 6.12. The van der Waals surface area contributed by atoms with Crippen LogP contribution in [0, 0.1) is 5.82 Å². The van der Waals surface area contributed by atoms with Gasteiger partial charge in [0.2, 0.25) is 10.0 Å². The number of anilines is 1. The van der Waals surface area contributed by atoms with Crippen LogP contribution in [-0.4, -0.2) is 40.5 Å². The van der Waals surface area contributed by atoms with Crippen molar-refractivity contribution in [2.75, 3.05) is 32.9 Å². The minimum Gasteiger partial charge on any atom is -0.395 e. The third-order valence-electron chi connectivity index (χ3n) is 2.38. The number of hydrogen-bond donors (Lipinski definition) is 2. The lowest BCUT2D eigenvalue weighted by Gasteiger charge is -2.11. The highest BCUT2D eigenvalue weighted by Gasteiger charge is 2.18. The smallest absolute Gasteiger partial charge is 0.242 e. The summed E-state index contributed by atoms with van der Waals surface area (Å²) < 4.78 is 39.3. The summed E-state index contributed by atoms with van der Waals surface area (Å²) in [6.07, 6.45) is 0.668. The molecule has 1 aromatic rings. The van der Waals surface area contributed by atoms with Crippen LogP contribution in [0.15, 0.2) is 23.1 Å². The second-order valence-electron chi connectivity index (χ2n) is 4.21. The molecule has 0 unspecified atom stereocenters. The Labute approximate surface area is 107 Å². The highest BCUT2D eigenvalue weighted by molar-refractivity contribution is 7.89. The topological polar surface area (TPSA) is 75.4 Å². The molecule has 1 aromatic carbocycles. The largest absolute Gasteiger partial charge is 0.395 e. The van der Waals surface area contributed by atoms with Crippen molar-refractivity contribution < 1.29 is 12.8 Å². The van der Waals surface area contributed by atoms with E-state index in [2.05, 4.69) is 4.72 Å². The lowest BCUT2D eigenvalue weighted by atomic mass is 10.3. The summed E-state index contributed by atoms with van der Waals surface area (Å²) in [5.74, 6) is -0.730. The normalized spacial score (nSPS) is 12.0. The van der Waals surface area contributed by atoms with E-state index in [0.29, 0.717) is 6.42 Å². The van der Waals surface area contributed by atoms with Gasteiger partial charge in [0.25, 0.3) is 0 Å². The van der Waals surface area contributed by atoms with Gasteiger partial charge in [-0.15, -0.1) is 0 Å². The van der Waals surface area contributed by atoms with E-state index in [1.807, 2.05) is 19.0 Å². The molecule has 7 heteroatoms. The highest BCUT2D eigenvalue weighted by atomic mass is 32.2. The van der Waals surface area contributed by atoms with Crippen molar-refractivity contribution in [1.82, 2.24) is 9.62 Å². The summed E-state index contributed by atoms with van der Waals surface area (Å²) in [6.45, 7) is 1.05. The number of nitrogens with two attached hydrogens (primary N) is 1. The minimum atomic E-state index is -3.74. The molecule has 18 heavy (non-hydrogen) atoms. The number of hydrogen-bond acceptors (Lipinski definition) is 4. The minimum absolute atomic E-state index is 0.215. The lowest BCUT2D eigenvalue weighted by Crippen LogP contribution is -2.28. The van der Waals surface area contributed by atoms with Crippen LogP contribution in [0.4, 0.5) is 10.1 Å². The molecule has 5 nitrogen and oxygen atoms in total. The first kappa shape index (κ1) is 14.9. The van der Waals surface area contributed by atoms with E-state index in [9.17, 15) is 12.8 Å². The first-order valence-electron chi connectivity index (χ1n) is 5.53. The maximum absolute atomic E-state index is 13.2. The zero-order chi connectivity index (χ0) is 13.8. The first-order valence-corrected chi connectivity index (χ1v) is 7.01. The Morgan fingerprint density at radius 1 is 1.39 bits per heavy atom. The summed E-state index contributed by atoms with van der Waals surface area (Å²) in [5.41, 5.74) is 5.07. The SMILES string of the molecule is CN(C)CCCNS(=O)(=O)c1cccc(F)c1N. The van der Waals surface area contributed by atoms with Crippen molar-refractivity contribution in [3.63, 3.8) is 0 Å². The van der Waals surface area contributed by atoms with Gasteiger partial charge in [0, 0.05) is 6.54 Å². The van der Waals surface area contributed by atoms with Crippen LogP contribution in [0.25, 0.3) is 0 Å². The van der Waals surface area contributed by atoms with E-state index in [-0.39, 0.29) is 17.1 Å². The molecule has 0 radical (unpaired) electrons. The van der Waals surface area contributed by atoms with Gasteiger partial charge in [0.1, 0.15) is 10.7 Å². The Balaban J connectivity index is 2.72. The molecule has 0 bridgehead atoms. The predicted molar refractivity (Wildman–Crippen MR) is 69.2 cm³/mol. The van der Waals surface area contributed by atoms with Gasteiger partial charge in [0.05, 0.1) is 5.69 Å². The van der Waals surface area contributed by atoms with Crippen LogP contribution in [0.2, 0.25) is 0 Å². The molecule has 0 aromatic heterocycles. The first-order chi connectivity index (χ1) is 8.34. The fourth-order valence-electron chi connectivity index (χ4n) is 1.43. The van der Waals surface area contributed by atoms with Crippen LogP contribution in [0.3, 0.4) is 0 Å². The van der Waals surface area contributed by atoms with Gasteiger partial charge in [-0.05, 0) is 39.2 Å². The van der Waals surface area contributed by atoms with Crippen LogP contribution in [-0.2, 0) is 10.0 Å². The molecule has 102 valence electrons. The molecule has 0 saturated heterocycles. The molecule has 0 aliphatic carbocycles. The van der Waals surface area contributed by atoms with Crippen molar-refractivity contribution in [3.05, 3.63) is 24.0 Å². The molecule has 0 atom stereocenters. The van der Waals surface area contributed by atoms with Gasteiger partial charge >= 0.3 is 0 Å². The van der Waals surface area contributed by atoms with Gasteiger partial charge in [-0.1, -0.05) is 6.07 Å². The van der Waals surface area contributed by atoms with Crippen molar-refractivity contribution in [2.45, 2.75) is 11.3 Å². The van der Waals surface area contributed by atoms with Crippen LogP contribution in [0.1, 0.15) is 6.42 Å². The number of halogens is 1. The van der Waals surface area contributed by atoms with E-state index in [4.69, 9.17) is 5.73 Å². The van der Waals surface area contributed by atoms with Gasteiger partial charge in [-0.3, -0.25) is 0 Å². The molecule has 0 heterocycles. The van der Waals surface area contributed by atoms with Crippen molar-refractivity contribution in [2.24, 2.45) is 0 Å². The quantitative estimate of drug-likeness (QED) is 0.590. The third kappa shape index (κ3) is 3.94. The second-order valence-corrected chi connectivity index (χ2v) is 5.94. The monoisotopic (exact) mass is 275 g/mol. The number of nitrogens with one attached hydrogen (secondary N) is 1. The maximum atomic E-state index is 13.2. The molecule has 0 saturated carbocycles. The van der Waals surface area contributed by atoms with E-state index in [1.54, 1.807) is 0 Å². The average Bonchev–Trinajstić information content (AvgIpc) is 2.28. The third-order valence-corrected chi connectivity index (χ3v) is 3.90. The number of para-hydroxylation sites is 1. The molecule has 0 spiro atoms. The summed E-state index contributed by atoms with van der Waals surface area (Å²) >= 11 is 0. The zero-order valence-corrected chi connectivity index (χ0v) is 11.3. The molecule has 0 aliphatic heterocycles. The molecule has 0 amide bonds. The number of rotatable bonds is 6. The molecular formula is C11H18FN3O2S. The molecule has 0 fully saturated rings. The van der Waals surface area contributed by atoms with Crippen molar-refractivity contribution >= 4 is 15.7 Å². The number of nitrogen functional groups attached to an aromatic ring is 1. The van der Waals surface area contributed by atoms with Gasteiger partial charge < -0.3 is 10.6 Å². The number of benzene rings is 1. The van der Waals surface area contributed by atoms with E-state index >= 15 is 0 Å². The zero-order valence-electron chi connectivity index (χ0n) is 10.5. The molecule has 0 aliphatic rings. The predicted octanol–water partition coefficient (Wildman–Crippen LogP) is 0.638. The van der Waals surface area contributed by atoms with Crippen LogP contribution in [0.5, 0.6) is 0 Å². The molecular weight excluding hydrogens is 257 g/mol. The molecule has 3 N–H and O–H groups in total. The summed E-state index contributed by atoms with van der Waals surface area (Å²) in [4.78, 5) is 1.73. The Hall–Kier alpha value is -1.18.